The van der Waals surface area contributed by atoms with E-state index in [1.807, 2.05) is 18.2 Å². The summed E-state index contributed by atoms with van der Waals surface area (Å²) in [6, 6.07) is 12.0. The number of thiophene rings is 1. The molecule has 0 fully saturated rings. The van der Waals surface area contributed by atoms with Crippen LogP contribution in [-0.4, -0.2) is 4.57 Å². The number of fused-ring (bicyclic) bond motifs is 1. The minimum atomic E-state index is 0.787. The quantitative estimate of drug-likeness (QED) is 0.619. The first kappa shape index (κ1) is 11.1. The van der Waals surface area contributed by atoms with Crippen LogP contribution in [0, 0.1) is 0 Å². The van der Waals surface area contributed by atoms with Crippen LogP contribution in [0.2, 0.25) is 9.36 Å². The molecule has 1 nitrogen and oxygen atoms in total. The van der Waals surface area contributed by atoms with E-state index in [1.54, 1.807) is 11.3 Å². The lowest BCUT2D eigenvalue weighted by molar-refractivity contribution is 0.852. The fourth-order valence-corrected chi connectivity index (χ4v) is 3.33. The maximum atomic E-state index is 6.23. The zero-order valence-corrected chi connectivity index (χ0v) is 11.2. The molecule has 3 aromatic rings. The van der Waals surface area contributed by atoms with Crippen LogP contribution in [0.4, 0.5) is 0 Å². The summed E-state index contributed by atoms with van der Waals surface area (Å²) in [7, 11) is 0. The van der Waals surface area contributed by atoms with Crippen molar-refractivity contribution in [1.29, 1.82) is 0 Å². The molecule has 0 spiro atoms. The van der Waals surface area contributed by atoms with Crippen molar-refractivity contribution in [3.63, 3.8) is 0 Å². The molecule has 0 saturated carbocycles. The van der Waals surface area contributed by atoms with E-state index in [2.05, 4.69) is 29.0 Å². The van der Waals surface area contributed by atoms with Crippen molar-refractivity contribution in [2.45, 2.75) is 6.54 Å². The van der Waals surface area contributed by atoms with Crippen molar-refractivity contribution in [1.82, 2.24) is 4.57 Å². The third kappa shape index (κ3) is 2.08. The average molecular weight is 282 g/mol. The minimum Gasteiger partial charge on any atom is -0.341 e. The highest BCUT2D eigenvalue weighted by molar-refractivity contribution is 7.16. The minimum absolute atomic E-state index is 0.787. The van der Waals surface area contributed by atoms with E-state index < -0.39 is 0 Å². The van der Waals surface area contributed by atoms with Crippen LogP contribution in [0.3, 0.4) is 0 Å². The third-order valence-corrected chi connectivity index (χ3v) is 4.22. The number of halogens is 2. The molecule has 0 aliphatic rings. The number of benzene rings is 1. The molecule has 1 aromatic carbocycles. The Hall–Kier alpha value is -0.960. The van der Waals surface area contributed by atoms with E-state index >= 15 is 0 Å². The predicted octanol–water partition coefficient (Wildman–Crippen LogP) is 5.06. The smallest absolute Gasteiger partial charge is 0.0931 e. The molecule has 2 aromatic heterocycles. The Bertz CT molecular complexity index is 669. The van der Waals surface area contributed by atoms with Gasteiger partial charge in [-0.15, -0.1) is 11.3 Å². The fourth-order valence-electron chi connectivity index (χ4n) is 1.95. The lowest BCUT2D eigenvalue weighted by Crippen LogP contribution is -1.95. The third-order valence-electron chi connectivity index (χ3n) is 2.69. The number of nitrogens with zero attached hydrogens (tertiary/aromatic N) is 1. The highest BCUT2D eigenvalue weighted by Gasteiger charge is 2.06. The van der Waals surface area contributed by atoms with Crippen molar-refractivity contribution in [2.75, 3.05) is 0 Å². The van der Waals surface area contributed by atoms with Gasteiger partial charge in [-0.2, -0.15) is 0 Å². The Kier molecular flexibility index (Phi) is 2.87. The molecule has 0 radical (unpaired) electrons. The van der Waals surface area contributed by atoms with Crippen LogP contribution >= 0.6 is 34.5 Å². The monoisotopic (exact) mass is 281 g/mol. The van der Waals surface area contributed by atoms with Gasteiger partial charge in [0.25, 0.3) is 0 Å². The number of rotatable bonds is 2. The molecule has 0 unspecified atom stereocenters. The van der Waals surface area contributed by atoms with E-state index in [0.29, 0.717) is 0 Å². The molecular formula is C13H9Cl2NS. The molecule has 2 heterocycles. The Morgan fingerprint density at radius 2 is 1.94 bits per heavy atom. The van der Waals surface area contributed by atoms with Gasteiger partial charge in [-0.05, 0) is 24.3 Å². The summed E-state index contributed by atoms with van der Waals surface area (Å²) in [4.78, 5) is 1.23. The van der Waals surface area contributed by atoms with Gasteiger partial charge in [-0.1, -0.05) is 35.3 Å². The molecular weight excluding hydrogens is 273 g/mol. The Morgan fingerprint density at radius 1 is 1.06 bits per heavy atom. The van der Waals surface area contributed by atoms with Gasteiger partial charge in [0.1, 0.15) is 0 Å². The standard InChI is InChI=1S/C13H9Cl2NS/c14-11-3-1-2-9-6-7-16(13(9)11)8-10-4-5-12(15)17-10/h1-7H,8H2. The second kappa shape index (κ2) is 4.37. The molecule has 3 rings (SSSR count). The summed E-state index contributed by atoms with van der Waals surface area (Å²) in [6.07, 6.45) is 2.06. The summed E-state index contributed by atoms with van der Waals surface area (Å²) < 4.78 is 2.97. The van der Waals surface area contributed by atoms with Crippen LogP contribution < -0.4 is 0 Å². The number of para-hydroxylation sites is 1. The average Bonchev–Trinajstić information content (AvgIpc) is 2.88. The van der Waals surface area contributed by atoms with E-state index in [0.717, 1.165) is 21.4 Å². The van der Waals surface area contributed by atoms with Crippen molar-refractivity contribution in [3.8, 4) is 0 Å². The fraction of sp³-hybridized carbons (Fsp3) is 0.0769. The molecule has 86 valence electrons. The number of hydrogen-bond donors (Lipinski definition) is 0. The van der Waals surface area contributed by atoms with Gasteiger partial charge in [-0.3, -0.25) is 0 Å². The Labute approximate surface area is 113 Å². The van der Waals surface area contributed by atoms with Crippen molar-refractivity contribution >= 4 is 45.4 Å². The van der Waals surface area contributed by atoms with Crippen molar-refractivity contribution < 1.29 is 0 Å². The maximum absolute atomic E-state index is 6.23. The molecule has 0 atom stereocenters. The predicted molar refractivity (Wildman–Crippen MR) is 75.4 cm³/mol. The van der Waals surface area contributed by atoms with Gasteiger partial charge in [0.05, 0.1) is 21.4 Å². The van der Waals surface area contributed by atoms with E-state index in [-0.39, 0.29) is 0 Å². The van der Waals surface area contributed by atoms with Gasteiger partial charge in [0.15, 0.2) is 0 Å². The van der Waals surface area contributed by atoms with Crippen LogP contribution in [0.5, 0.6) is 0 Å². The van der Waals surface area contributed by atoms with Gasteiger partial charge < -0.3 is 4.57 Å². The molecule has 0 N–H and O–H groups in total. The summed E-state index contributed by atoms with van der Waals surface area (Å²) in [5.41, 5.74) is 1.08. The van der Waals surface area contributed by atoms with Crippen molar-refractivity contribution in [2.24, 2.45) is 0 Å². The first-order chi connectivity index (χ1) is 8.24. The summed E-state index contributed by atoms with van der Waals surface area (Å²) >= 11 is 13.8. The number of aromatic nitrogens is 1. The Balaban J connectivity index is 2.06. The summed E-state index contributed by atoms with van der Waals surface area (Å²) in [5.74, 6) is 0. The zero-order valence-electron chi connectivity index (χ0n) is 8.86. The highest BCUT2D eigenvalue weighted by Crippen LogP contribution is 2.27. The van der Waals surface area contributed by atoms with E-state index in [9.17, 15) is 0 Å². The van der Waals surface area contributed by atoms with Gasteiger partial charge in [0.2, 0.25) is 0 Å². The largest absolute Gasteiger partial charge is 0.341 e. The van der Waals surface area contributed by atoms with Crippen LogP contribution in [-0.2, 0) is 6.54 Å². The normalized spacial score (nSPS) is 11.2. The van der Waals surface area contributed by atoms with Crippen LogP contribution in [0.1, 0.15) is 4.88 Å². The topological polar surface area (TPSA) is 4.93 Å². The lowest BCUT2D eigenvalue weighted by atomic mass is 10.2. The molecule has 17 heavy (non-hydrogen) atoms. The van der Waals surface area contributed by atoms with Crippen LogP contribution in [0.25, 0.3) is 10.9 Å². The lowest BCUT2D eigenvalue weighted by Gasteiger charge is -2.04. The van der Waals surface area contributed by atoms with Gasteiger partial charge >= 0.3 is 0 Å². The van der Waals surface area contributed by atoms with E-state index in [1.165, 1.54) is 10.3 Å². The maximum Gasteiger partial charge on any atom is 0.0931 e. The summed E-state index contributed by atoms with van der Waals surface area (Å²) in [6.45, 7) is 0.810. The van der Waals surface area contributed by atoms with Gasteiger partial charge in [0, 0.05) is 16.5 Å². The number of hydrogen-bond acceptors (Lipinski definition) is 1. The molecule has 0 amide bonds. The second-order valence-electron chi connectivity index (χ2n) is 3.83. The molecule has 0 bridgehead atoms. The SMILES string of the molecule is Clc1ccc(Cn2ccc3cccc(Cl)c32)s1. The molecule has 0 aliphatic carbocycles. The Morgan fingerprint density at radius 3 is 2.71 bits per heavy atom. The molecule has 0 aliphatic heterocycles. The summed E-state index contributed by atoms with van der Waals surface area (Å²) in [5, 5.41) is 1.95. The van der Waals surface area contributed by atoms with Gasteiger partial charge in [-0.25, -0.2) is 0 Å². The first-order valence-corrected chi connectivity index (χ1v) is 6.79. The van der Waals surface area contributed by atoms with E-state index in [4.69, 9.17) is 23.2 Å². The second-order valence-corrected chi connectivity index (χ2v) is 6.03. The molecule has 0 saturated heterocycles. The van der Waals surface area contributed by atoms with Crippen molar-refractivity contribution in [3.05, 3.63) is 56.8 Å². The highest BCUT2D eigenvalue weighted by atomic mass is 35.5. The molecule has 4 heteroatoms. The zero-order chi connectivity index (χ0) is 11.8. The van der Waals surface area contributed by atoms with Crippen LogP contribution in [0.15, 0.2) is 42.6 Å². The first-order valence-electron chi connectivity index (χ1n) is 5.21.